The zero-order valence-corrected chi connectivity index (χ0v) is 21.9. The van der Waals surface area contributed by atoms with Gasteiger partial charge >= 0.3 is 0 Å². The minimum Gasteiger partial charge on any atom is -0.348 e. The number of benzene rings is 1. The molecule has 3 heterocycles. The molecule has 0 bridgehead atoms. The summed E-state index contributed by atoms with van der Waals surface area (Å²) in [4.78, 5) is 34.0. The molecule has 9 heteroatoms. The predicted octanol–water partition coefficient (Wildman–Crippen LogP) is 4.85. The lowest BCUT2D eigenvalue weighted by Crippen LogP contribution is -2.26. The average molecular weight is 518 g/mol. The van der Waals surface area contributed by atoms with Crippen molar-refractivity contribution in [3.05, 3.63) is 89.6 Å². The Morgan fingerprint density at radius 3 is 2.54 bits per heavy atom. The highest BCUT2D eigenvalue weighted by Gasteiger charge is 2.25. The predicted molar refractivity (Wildman–Crippen MR) is 147 cm³/mol. The molecule has 39 heavy (non-hydrogen) atoms. The minimum absolute atomic E-state index is 0.182. The zero-order chi connectivity index (χ0) is 27.6. The Hall–Kier alpha value is -4.97. The van der Waals surface area contributed by atoms with Crippen LogP contribution in [0.3, 0.4) is 0 Å². The number of carbonyl (C=O) groups excluding carboxylic acids is 2. The summed E-state index contributed by atoms with van der Waals surface area (Å²) in [5.74, 6) is -0.491. The zero-order valence-electron chi connectivity index (χ0n) is 21.9. The third-order valence-corrected chi connectivity index (χ3v) is 6.61. The number of nitrogens with zero attached hydrogens (tertiary/aromatic N) is 5. The van der Waals surface area contributed by atoms with Crippen molar-refractivity contribution >= 4 is 17.5 Å². The van der Waals surface area contributed by atoms with Gasteiger partial charge in [0, 0.05) is 40.8 Å². The van der Waals surface area contributed by atoms with Crippen molar-refractivity contribution in [2.75, 3.05) is 5.32 Å². The van der Waals surface area contributed by atoms with Crippen LogP contribution in [0.4, 0.5) is 5.69 Å². The van der Waals surface area contributed by atoms with Crippen LogP contribution in [-0.2, 0) is 5.41 Å². The van der Waals surface area contributed by atoms with Gasteiger partial charge in [0.05, 0.1) is 29.1 Å². The molecule has 2 amide bonds. The van der Waals surface area contributed by atoms with Crippen LogP contribution in [0.25, 0.3) is 22.4 Å². The Morgan fingerprint density at radius 2 is 1.77 bits per heavy atom. The van der Waals surface area contributed by atoms with Gasteiger partial charge in [0.25, 0.3) is 11.8 Å². The molecule has 1 aliphatic carbocycles. The van der Waals surface area contributed by atoms with Crippen molar-refractivity contribution in [2.24, 2.45) is 0 Å². The summed E-state index contributed by atoms with van der Waals surface area (Å²) >= 11 is 0. The van der Waals surface area contributed by atoms with Crippen LogP contribution in [0.2, 0.25) is 0 Å². The summed E-state index contributed by atoms with van der Waals surface area (Å²) < 4.78 is 0. The van der Waals surface area contributed by atoms with Crippen LogP contribution in [-0.4, -0.2) is 38.0 Å². The molecule has 1 aliphatic rings. The van der Waals surface area contributed by atoms with Gasteiger partial charge in [-0.1, -0.05) is 6.07 Å². The molecule has 1 saturated carbocycles. The maximum Gasteiger partial charge on any atom is 0.270 e. The molecular formula is C30H27N7O2. The van der Waals surface area contributed by atoms with E-state index in [0.29, 0.717) is 28.3 Å². The summed E-state index contributed by atoms with van der Waals surface area (Å²) in [5, 5.41) is 23.8. The van der Waals surface area contributed by atoms with E-state index in [9.17, 15) is 14.9 Å². The Labute approximate surface area is 226 Å². The van der Waals surface area contributed by atoms with E-state index in [1.165, 1.54) is 6.20 Å². The number of rotatable bonds is 7. The van der Waals surface area contributed by atoms with E-state index in [2.05, 4.69) is 36.9 Å². The van der Waals surface area contributed by atoms with Crippen LogP contribution in [0.15, 0.2) is 67.1 Å². The lowest BCUT2D eigenvalue weighted by Gasteiger charge is -2.15. The molecule has 0 aliphatic heterocycles. The molecule has 9 nitrogen and oxygen atoms in total. The van der Waals surface area contributed by atoms with Crippen molar-refractivity contribution < 1.29 is 9.59 Å². The average Bonchev–Trinajstić information content (AvgIpc) is 3.78. The number of aromatic nitrogens is 4. The monoisotopic (exact) mass is 517 g/mol. The highest BCUT2D eigenvalue weighted by atomic mass is 16.2. The summed E-state index contributed by atoms with van der Waals surface area (Å²) in [5.41, 5.74) is 5.07. The number of nitriles is 1. The van der Waals surface area contributed by atoms with E-state index in [0.717, 1.165) is 35.1 Å². The minimum atomic E-state index is -0.812. The van der Waals surface area contributed by atoms with E-state index < -0.39 is 5.41 Å². The fraction of sp³-hybridized carbons (Fsp3) is 0.233. The molecule has 4 aromatic rings. The fourth-order valence-corrected chi connectivity index (χ4v) is 4.03. The standard InChI is InChI=1S/C30H27N7O2/c1-18-4-5-23(36-28(38)20-9-11-33-27(14-20)30(2,3)17-31)15-24(18)25-13-21(16-34-37-25)19-8-10-32-26(12-19)29(39)35-22-6-7-22/h4-5,8-16,22H,6-7H2,1-3H3,(H,35,39)(H,36,38). The summed E-state index contributed by atoms with van der Waals surface area (Å²) in [6, 6.07) is 16.8. The SMILES string of the molecule is Cc1ccc(NC(=O)c2ccnc(C(C)(C)C#N)c2)cc1-c1cc(-c2ccnc(C(=O)NC3CC3)c2)cnn1. The molecule has 1 fully saturated rings. The molecule has 2 N–H and O–H groups in total. The van der Waals surface area contributed by atoms with Gasteiger partial charge in [-0.3, -0.25) is 19.6 Å². The second-order valence-electron chi connectivity index (χ2n) is 10.2. The van der Waals surface area contributed by atoms with Gasteiger partial charge in [-0.2, -0.15) is 15.5 Å². The number of nitrogens with one attached hydrogen (secondary N) is 2. The summed E-state index contributed by atoms with van der Waals surface area (Å²) in [6.07, 6.45) is 6.80. The van der Waals surface area contributed by atoms with Gasteiger partial charge < -0.3 is 10.6 Å². The first-order valence-electron chi connectivity index (χ1n) is 12.6. The van der Waals surface area contributed by atoms with Crippen LogP contribution < -0.4 is 10.6 Å². The van der Waals surface area contributed by atoms with E-state index in [4.69, 9.17) is 0 Å². The largest absolute Gasteiger partial charge is 0.348 e. The number of hydrogen-bond acceptors (Lipinski definition) is 7. The lowest BCUT2D eigenvalue weighted by atomic mass is 9.90. The highest BCUT2D eigenvalue weighted by Crippen LogP contribution is 2.29. The molecule has 0 saturated heterocycles. The number of hydrogen-bond donors (Lipinski definition) is 2. The van der Waals surface area contributed by atoms with Gasteiger partial charge in [0.15, 0.2) is 0 Å². The first kappa shape index (κ1) is 25.7. The Morgan fingerprint density at radius 1 is 0.974 bits per heavy atom. The van der Waals surface area contributed by atoms with Crippen LogP contribution in [0.1, 0.15) is 58.8 Å². The van der Waals surface area contributed by atoms with Crippen molar-refractivity contribution in [3.8, 4) is 28.5 Å². The Bertz CT molecular complexity index is 1620. The highest BCUT2D eigenvalue weighted by molar-refractivity contribution is 6.04. The first-order valence-corrected chi connectivity index (χ1v) is 12.6. The van der Waals surface area contributed by atoms with Gasteiger partial charge in [0.2, 0.25) is 0 Å². The lowest BCUT2D eigenvalue weighted by molar-refractivity contribution is 0.0945. The number of aryl methyl sites for hydroxylation is 1. The number of pyridine rings is 2. The molecule has 194 valence electrons. The maximum atomic E-state index is 13.0. The molecule has 0 unspecified atom stereocenters. The number of amides is 2. The Balaban J connectivity index is 1.39. The maximum absolute atomic E-state index is 13.0. The van der Waals surface area contributed by atoms with Crippen LogP contribution in [0.5, 0.6) is 0 Å². The second kappa shape index (κ2) is 10.4. The van der Waals surface area contributed by atoms with E-state index in [1.54, 1.807) is 44.4 Å². The second-order valence-corrected chi connectivity index (χ2v) is 10.2. The quantitative estimate of drug-likeness (QED) is 0.358. The molecule has 1 aromatic carbocycles. The van der Waals surface area contributed by atoms with Gasteiger partial charge in [0.1, 0.15) is 5.69 Å². The molecule has 3 aromatic heterocycles. The molecule has 0 atom stereocenters. The topological polar surface area (TPSA) is 134 Å². The summed E-state index contributed by atoms with van der Waals surface area (Å²) in [7, 11) is 0. The number of anilines is 1. The van der Waals surface area contributed by atoms with E-state index in [1.807, 2.05) is 37.3 Å². The fourth-order valence-electron chi connectivity index (χ4n) is 4.03. The van der Waals surface area contributed by atoms with Crippen molar-refractivity contribution in [2.45, 2.75) is 45.1 Å². The Kier molecular flexibility index (Phi) is 6.86. The van der Waals surface area contributed by atoms with Crippen LogP contribution in [0, 0.1) is 18.3 Å². The van der Waals surface area contributed by atoms with E-state index >= 15 is 0 Å². The van der Waals surface area contributed by atoms with Crippen molar-refractivity contribution in [1.82, 2.24) is 25.5 Å². The van der Waals surface area contributed by atoms with Gasteiger partial charge in [-0.25, -0.2) is 0 Å². The third-order valence-electron chi connectivity index (χ3n) is 6.61. The first-order chi connectivity index (χ1) is 18.7. The van der Waals surface area contributed by atoms with Crippen molar-refractivity contribution in [3.63, 3.8) is 0 Å². The van der Waals surface area contributed by atoms with Gasteiger partial charge in [-0.05, 0) is 87.2 Å². The molecule has 5 rings (SSSR count). The summed E-state index contributed by atoms with van der Waals surface area (Å²) in [6.45, 7) is 5.48. The van der Waals surface area contributed by atoms with Gasteiger partial charge in [-0.15, -0.1) is 0 Å². The van der Waals surface area contributed by atoms with E-state index in [-0.39, 0.29) is 17.9 Å². The third kappa shape index (κ3) is 5.80. The smallest absolute Gasteiger partial charge is 0.270 e. The normalized spacial score (nSPS) is 12.9. The van der Waals surface area contributed by atoms with Crippen molar-refractivity contribution in [1.29, 1.82) is 5.26 Å². The number of carbonyl (C=O) groups is 2. The molecule has 0 spiro atoms. The van der Waals surface area contributed by atoms with Crippen LogP contribution >= 0.6 is 0 Å². The molecule has 0 radical (unpaired) electrons. The molecular weight excluding hydrogens is 490 g/mol.